The van der Waals surface area contributed by atoms with Crippen LogP contribution in [-0.4, -0.2) is 32.5 Å². The van der Waals surface area contributed by atoms with Gasteiger partial charge in [0.05, 0.1) is 6.61 Å². The van der Waals surface area contributed by atoms with E-state index in [9.17, 15) is 13.2 Å². The standard InChI is InChI=1S/C15H22F3NO/c1-10-5-11(2)14(12(3)6-10)7-13(19-4)8-20-9-15(16,17)18/h5-6,13,19H,7-9H2,1-4H3. The van der Waals surface area contributed by atoms with Crippen molar-refractivity contribution in [2.45, 2.75) is 39.4 Å². The molecule has 0 bridgehead atoms. The van der Waals surface area contributed by atoms with Crippen LogP contribution in [0.4, 0.5) is 13.2 Å². The number of hydrogen-bond donors (Lipinski definition) is 1. The topological polar surface area (TPSA) is 21.3 Å². The monoisotopic (exact) mass is 289 g/mol. The number of aryl methyl sites for hydroxylation is 3. The molecule has 0 aliphatic carbocycles. The molecule has 1 N–H and O–H groups in total. The van der Waals surface area contributed by atoms with E-state index in [4.69, 9.17) is 4.74 Å². The molecule has 2 nitrogen and oxygen atoms in total. The van der Waals surface area contributed by atoms with Crippen LogP contribution in [0.5, 0.6) is 0 Å². The molecule has 114 valence electrons. The van der Waals surface area contributed by atoms with Crippen LogP contribution in [-0.2, 0) is 11.2 Å². The maximum atomic E-state index is 12.1. The quantitative estimate of drug-likeness (QED) is 0.867. The van der Waals surface area contributed by atoms with Crippen LogP contribution in [0.15, 0.2) is 12.1 Å². The number of hydrogen-bond acceptors (Lipinski definition) is 2. The molecular formula is C15H22F3NO. The molecule has 1 unspecified atom stereocenters. The number of likely N-dealkylation sites (N-methyl/N-ethyl adjacent to an activating group) is 1. The highest BCUT2D eigenvalue weighted by atomic mass is 19.4. The molecule has 0 spiro atoms. The van der Waals surface area contributed by atoms with E-state index in [2.05, 4.69) is 17.4 Å². The van der Waals surface area contributed by atoms with Crippen molar-refractivity contribution in [2.24, 2.45) is 0 Å². The molecule has 0 aliphatic heterocycles. The smallest absolute Gasteiger partial charge is 0.370 e. The van der Waals surface area contributed by atoms with Gasteiger partial charge in [0.25, 0.3) is 0 Å². The molecule has 5 heteroatoms. The molecule has 0 radical (unpaired) electrons. The third kappa shape index (κ3) is 5.51. The van der Waals surface area contributed by atoms with E-state index in [1.807, 2.05) is 20.8 Å². The molecule has 0 fully saturated rings. The highest BCUT2D eigenvalue weighted by Crippen LogP contribution is 2.19. The average Bonchev–Trinajstić information content (AvgIpc) is 2.29. The van der Waals surface area contributed by atoms with Crippen LogP contribution < -0.4 is 5.32 Å². The third-order valence-electron chi connectivity index (χ3n) is 3.28. The summed E-state index contributed by atoms with van der Waals surface area (Å²) in [7, 11) is 1.74. The Morgan fingerprint density at radius 3 is 2.15 bits per heavy atom. The highest BCUT2D eigenvalue weighted by Gasteiger charge is 2.27. The van der Waals surface area contributed by atoms with Gasteiger partial charge in [-0.3, -0.25) is 0 Å². The number of rotatable bonds is 6. The van der Waals surface area contributed by atoms with Crippen molar-refractivity contribution in [1.82, 2.24) is 5.32 Å². The van der Waals surface area contributed by atoms with Crippen molar-refractivity contribution in [3.63, 3.8) is 0 Å². The van der Waals surface area contributed by atoms with Crippen molar-refractivity contribution in [2.75, 3.05) is 20.3 Å². The van der Waals surface area contributed by atoms with Crippen LogP contribution in [0.2, 0.25) is 0 Å². The SMILES string of the molecule is CNC(COCC(F)(F)F)Cc1c(C)cc(C)cc1C. The first-order chi connectivity index (χ1) is 9.23. The van der Waals surface area contributed by atoms with Crippen molar-refractivity contribution in [3.8, 4) is 0 Å². The van der Waals surface area contributed by atoms with Gasteiger partial charge in [-0.25, -0.2) is 0 Å². The Labute approximate surface area is 118 Å². The average molecular weight is 289 g/mol. The minimum Gasteiger partial charge on any atom is -0.370 e. The molecule has 0 saturated carbocycles. The Morgan fingerprint density at radius 1 is 1.15 bits per heavy atom. The van der Waals surface area contributed by atoms with Gasteiger partial charge in [-0.1, -0.05) is 17.7 Å². The second kappa shape index (κ2) is 7.09. The summed E-state index contributed by atoms with van der Waals surface area (Å²) in [6, 6.07) is 4.05. The van der Waals surface area contributed by atoms with E-state index in [1.54, 1.807) is 7.05 Å². The van der Waals surface area contributed by atoms with Crippen molar-refractivity contribution in [1.29, 1.82) is 0 Å². The summed E-state index contributed by atoms with van der Waals surface area (Å²) in [6.45, 7) is 4.93. The van der Waals surface area contributed by atoms with E-state index in [1.165, 1.54) is 22.3 Å². The van der Waals surface area contributed by atoms with Crippen LogP contribution in [0.1, 0.15) is 22.3 Å². The van der Waals surface area contributed by atoms with Crippen molar-refractivity contribution >= 4 is 0 Å². The molecule has 0 heterocycles. The molecule has 0 aliphatic rings. The van der Waals surface area contributed by atoms with Gasteiger partial charge in [0, 0.05) is 6.04 Å². The molecule has 1 aromatic rings. The Bertz CT molecular complexity index is 420. The summed E-state index contributed by atoms with van der Waals surface area (Å²) in [6.07, 6.45) is -3.61. The minimum atomic E-state index is -4.27. The van der Waals surface area contributed by atoms with Gasteiger partial charge < -0.3 is 10.1 Å². The van der Waals surface area contributed by atoms with Gasteiger partial charge >= 0.3 is 6.18 Å². The van der Waals surface area contributed by atoms with Crippen LogP contribution in [0.25, 0.3) is 0 Å². The molecule has 0 aromatic heterocycles. The Kier molecular flexibility index (Phi) is 6.02. The lowest BCUT2D eigenvalue weighted by Crippen LogP contribution is -2.34. The van der Waals surface area contributed by atoms with Gasteiger partial charge in [-0.15, -0.1) is 0 Å². The largest absolute Gasteiger partial charge is 0.411 e. The number of halogens is 3. The zero-order chi connectivity index (χ0) is 15.3. The summed E-state index contributed by atoms with van der Waals surface area (Å²) >= 11 is 0. The lowest BCUT2D eigenvalue weighted by molar-refractivity contribution is -0.175. The summed E-state index contributed by atoms with van der Waals surface area (Å²) in [4.78, 5) is 0. The van der Waals surface area contributed by atoms with E-state index in [0.717, 1.165) is 0 Å². The zero-order valence-electron chi connectivity index (χ0n) is 12.4. The number of benzene rings is 1. The van der Waals surface area contributed by atoms with E-state index < -0.39 is 12.8 Å². The van der Waals surface area contributed by atoms with Gasteiger partial charge in [0.2, 0.25) is 0 Å². The first-order valence-corrected chi connectivity index (χ1v) is 6.61. The fourth-order valence-corrected chi connectivity index (χ4v) is 2.34. The second-order valence-electron chi connectivity index (χ2n) is 5.20. The predicted molar refractivity (Wildman–Crippen MR) is 74.1 cm³/mol. The molecule has 1 atom stereocenters. The first-order valence-electron chi connectivity index (χ1n) is 6.61. The van der Waals surface area contributed by atoms with E-state index >= 15 is 0 Å². The molecule has 20 heavy (non-hydrogen) atoms. The number of alkyl halides is 3. The lowest BCUT2D eigenvalue weighted by Gasteiger charge is -2.20. The Morgan fingerprint density at radius 2 is 1.70 bits per heavy atom. The highest BCUT2D eigenvalue weighted by molar-refractivity contribution is 5.38. The summed E-state index contributed by atoms with van der Waals surface area (Å²) < 4.78 is 40.9. The lowest BCUT2D eigenvalue weighted by atomic mass is 9.94. The van der Waals surface area contributed by atoms with Gasteiger partial charge in [0.15, 0.2) is 0 Å². The van der Waals surface area contributed by atoms with Crippen LogP contribution in [0, 0.1) is 20.8 Å². The van der Waals surface area contributed by atoms with Crippen LogP contribution in [0.3, 0.4) is 0 Å². The number of nitrogens with one attached hydrogen (secondary N) is 1. The van der Waals surface area contributed by atoms with Gasteiger partial charge in [-0.05, 0) is 50.9 Å². The molecule has 0 saturated heterocycles. The third-order valence-corrected chi connectivity index (χ3v) is 3.28. The van der Waals surface area contributed by atoms with Crippen molar-refractivity contribution < 1.29 is 17.9 Å². The second-order valence-corrected chi connectivity index (χ2v) is 5.20. The summed E-state index contributed by atoms with van der Waals surface area (Å²) in [5.74, 6) is 0. The normalized spacial score (nSPS) is 13.6. The van der Waals surface area contributed by atoms with Crippen LogP contribution >= 0.6 is 0 Å². The zero-order valence-corrected chi connectivity index (χ0v) is 12.4. The van der Waals surface area contributed by atoms with Gasteiger partial charge in [-0.2, -0.15) is 13.2 Å². The van der Waals surface area contributed by atoms with E-state index in [0.29, 0.717) is 6.42 Å². The molecule has 1 aromatic carbocycles. The minimum absolute atomic E-state index is 0.0444. The summed E-state index contributed by atoms with van der Waals surface area (Å²) in [5, 5.41) is 3.01. The Balaban J connectivity index is 2.65. The molecular weight excluding hydrogens is 267 g/mol. The van der Waals surface area contributed by atoms with Crippen molar-refractivity contribution in [3.05, 3.63) is 34.4 Å². The predicted octanol–water partition coefficient (Wildman–Crippen LogP) is 3.32. The maximum absolute atomic E-state index is 12.1. The molecule has 0 amide bonds. The van der Waals surface area contributed by atoms with E-state index in [-0.39, 0.29) is 12.6 Å². The first kappa shape index (κ1) is 17.0. The van der Waals surface area contributed by atoms with Gasteiger partial charge in [0.1, 0.15) is 6.61 Å². The Hall–Kier alpha value is -1.07. The summed E-state index contributed by atoms with van der Waals surface area (Å²) in [5.41, 5.74) is 4.70. The molecule has 1 rings (SSSR count). The fourth-order valence-electron chi connectivity index (χ4n) is 2.34. The fraction of sp³-hybridized carbons (Fsp3) is 0.600. The number of ether oxygens (including phenoxy) is 1. The maximum Gasteiger partial charge on any atom is 0.411 e.